The number of ether oxygens (including phenoxy) is 1. The summed E-state index contributed by atoms with van der Waals surface area (Å²) in [5.41, 5.74) is 2.32. The number of imidazole rings is 1. The maximum absolute atomic E-state index is 13.0. The Bertz CT molecular complexity index is 1190. The number of hydrogen-bond acceptors (Lipinski definition) is 6. The Kier molecular flexibility index (Phi) is 8.71. The number of fused-ring (bicyclic) bond motifs is 1. The van der Waals surface area contributed by atoms with E-state index in [1.165, 1.54) is 6.07 Å². The van der Waals surface area contributed by atoms with E-state index in [1.54, 1.807) is 37.6 Å². The van der Waals surface area contributed by atoms with Crippen LogP contribution in [0, 0.1) is 11.3 Å². The molecule has 2 heterocycles. The van der Waals surface area contributed by atoms with Gasteiger partial charge in [-0.25, -0.2) is 9.97 Å². The average molecular weight is 463 g/mol. The average Bonchev–Trinajstić information content (AvgIpc) is 3.19. The lowest BCUT2D eigenvalue weighted by atomic mass is 10.1. The number of hydrogen-bond donors (Lipinski definition) is 1. The zero-order valence-corrected chi connectivity index (χ0v) is 19.9. The van der Waals surface area contributed by atoms with Crippen molar-refractivity contribution in [2.45, 2.75) is 39.7 Å². The topological polar surface area (TPSA) is 113 Å². The van der Waals surface area contributed by atoms with E-state index in [0.29, 0.717) is 66.5 Å². The number of pyridine rings is 1. The van der Waals surface area contributed by atoms with Gasteiger partial charge in [-0.1, -0.05) is 19.9 Å². The summed E-state index contributed by atoms with van der Waals surface area (Å²) in [6, 6.07) is 10.2. The highest BCUT2D eigenvalue weighted by atomic mass is 16.5. The fraction of sp³-hybridized carbons (Fsp3) is 0.400. The summed E-state index contributed by atoms with van der Waals surface area (Å²) >= 11 is 0. The molecule has 0 aliphatic rings. The van der Waals surface area contributed by atoms with Crippen LogP contribution < -0.4 is 5.32 Å². The van der Waals surface area contributed by atoms with Gasteiger partial charge in [0.05, 0.1) is 17.2 Å². The summed E-state index contributed by atoms with van der Waals surface area (Å²) < 4.78 is 6.98. The van der Waals surface area contributed by atoms with Crippen LogP contribution in [0.5, 0.6) is 0 Å². The van der Waals surface area contributed by atoms with Crippen molar-refractivity contribution in [3.63, 3.8) is 0 Å². The van der Waals surface area contributed by atoms with E-state index in [9.17, 15) is 9.59 Å². The Hall–Kier alpha value is -3.77. The SMILES string of the molecule is CCCN(CCC)C(=O)c1cnc2c(c1)nc(NC(=O)c1cccc(C#N)c1)n2CCCOC. The predicted molar refractivity (Wildman–Crippen MR) is 130 cm³/mol. The summed E-state index contributed by atoms with van der Waals surface area (Å²) in [4.78, 5) is 36.8. The van der Waals surface area contributed by atoms with E-state index < -0.39 is 0 Å². The standard InChI is InChI=1S/C25H30N6O3/c1-4-10-30(11-5-2)24(33)20-15-21-22(27-17-20)31(12-7-13-34-3)25(28-21)29-23(32)19-9-6-8-18(14-19)16-26/h6,8-9,14-15,17H,4-5,7,10-13H2,1-3H3,(H,28,29,32). The van der Waals surface area contributed by atoms with Gasteiger partial charge in [-0.05, 0) is 43.5 Å². The smallest absolute Gasteiger partial charge is 0.258 e. The highest BCUT2D eigenvalue weighted by Gasteiger charge is 2.20. The van der Waals surface area contributed by atoms with Gasteiger partial charge in [-0.15, -0.1) is 0 Å². The molecule has 9 heteroatoms. The molecule has 0 bridgehead atoms. The van der Waals surface area contributed by atoms with Crippen LogP contribution >= 0.6 is 0 Å². The van der Waals surface area contributed by atoms with E-state index in [2.05, 4.69) is 15.3 Å². The van der Waals surface area contributed by atoms with E-state index in [4.69, 9.17) is 10.00 Å². The lowest BCUT2D eigenvalue weighted by Crippen LogP contribution is -2.32. The summed E-state index contributed by atoms with van der Waals surface area (Å²) in [5, 5.41) is 12.0. The van der Waals surface area contributed by atoms with Crippen LogP contribution in [0.2, 0.25) is 0 Å². The molecule has 0 atom stereocenters. The van der Waals surface area contributed by atoms with Crippen molar-refractivity contribution in [2.24, 2.45) is 0 Å². The van der Waals surface area contributed by atoms with Gasteiger partial charge in [0.25, 0.3) is 11.8 Å². The zero-order valence-electron chi connectivity index (χ0n) is 19.9. The number of aryl methyl sites for hydroxylation is 1. The largest absolute Gasteiger partial charge is 0.385 e. The third kappa shape index (κ3) is 5.77. The third-order valence-corrected chi connectivity index (χ3v) is 5.32. The first-order chi connectivity index (χ1) is 16.5. The molecule has 3 aromatic rings. The van der Waals surface area contributed by atoms with Crippen LogP contribution in [0.25, 0.3) is 11.2 Å². The fourth-order valence-corrected chi connectivity index (χ4v) is 3.74. The quantitative estimate of drug-likeness (QED) is 0.433. The minimum Gasteiger partial charge on any atom is -0.385 e. The first-order valence-corrected chi connectivity index (χ1v) is 11.5. The number of methoxy groups -OCH3 is 1. The minimum atomic E-state index is -0.381. The van der Waals surface area contributed by atoms with Crippen LogP contribution in [-0.4, -0.2) is 58.1 Å². The van der Waals surface area contributed by atoms with Crippen LogP contribution in [0.1, 0.15) is 59.4 Å². The normalized spacial score (nSPS) is 10.8. The van der Waals surface area contributed by atoms with Gasteiger partial charge in [-0.3, -0.25) is 19.5 Å². The molecule has 1 N–H and O–H groups in total. The summed E-state index contributed by atoms with van der Waals surface area (Å²) in [5.74, 6) is -0.130. The molecule has 3 rings (SSSR count). The zero-order chi connectivity index (χ0) is 24.5. The Morgan fingerprint density at radius 2 is 1.94 bits per heavy atom. The number of anilines is 1. The van der Waals surface area contributed by atoms with E-state index >= 15 is 0 Å². The second-order valence-corrected chi connectivity index (χ2v) is 7.94. The Morgan fingerprint density at radius 3 is 2.62 bits per heavy atom. The molecule has 1 aromatic carbocycles. The molecule has 34 heavy (non-hydrogen) atoms. The van der Waals surface area contributed by atoms with Crippen molar-refractivity contribution in [1.29, 1.82) is 5.26 Å². The molecule has 0 unspecified atom stereocenters. The minimum absolute atomic E-state index is 0.0778. The van der Waals surface area contributed by atoms with E-state index in [0.717, 1.165) is 12.8 Å². The van der Waals surface area contributed by atoms with Gasteiger partial charge < -0.3 is 9.64 Å². The first kappa shape index (κ1) is 24.9. The number of nitriles is 1. The van der Waals surface area contributed by atoms with Crippen molar-refractivity contribution in [1.82, 2.24) is 19.4 Å². The summed E-state index contributed by atoms with van der Waals surface area (Å²) in [6.45, 7) is 6.51. The predicted octanol–water partition coefficient (Wildman–Crippen LogP) is 3.85. The Morgan fingerprint density at radius 1 is 1.18 bits per heavy atom. The molecule has 0 fully saturated rings. The van der Waals surface area contributed by atoms with E-state index in [1.807, 2.05) is 29.4 Å². The number of aromatic nitrogens is 3. The summed E-state index contributed by atoms with van der Waals surface area (Å²) in [7, 11) is 1.63. The monoisotopic (exact) mass is 462 g/mol. The lowest BCUT2D eigenvalue weighted by molar-refractivity contribution is 0.0755. The van der Waals surface area contributed by atoms with Gasteiger partial charge in [-0.2, -0.15) is 5.26 Å². The number of nitrogens with zero attached hydrogens (tertiary/aromatic N) is 5. The van der Waals surface area contributed by atoms with Crippen LogP contribution in [0.4, 0.5) is 5.95 Å². The number of carbonyl (C=O) groups is 2. The van der Waals surface area contributed by atoms with Gasteiger partial charge in [0.15, 0.2) is 5.65 Å². The maximum Gasteiger partial charge on any atom is 0.258 e. The second-order valence-electron chi connectivity index (χ2n) is 7.94. The molecule has 0 radical (unpaired) electrons. The molecular formula is C25H30N6O3. The number of nitrogens with one attached hydrogen (secondary N) is 1. The highest BCUT2D eigenvalue weighted by molar-refractivity contribution is 6.04. The number of amides is 2. The van der Waals surface area contributed by atoms with Crippen molar-refractivity contribution in [2.75, 3.05) is 32.1 Å². The van der Waals surface area contributed by atoms with Gasteiger partial charge in [0.2, 0.25) is 5.95 Å². The van der Waals surface area contributed by atoms with Gasteiger partial charge >= 0.3 is 0 Å². The number of carbonyl (C=O) groups excluding carboxylic acids is 2. The maximum atomic E-state index is 13.0. The third-order valence-electron chi connectivity index (χ3n) is 5.32. The van der Waals surface area contributed by atoms with Crippen molar-refractivity contribution in [3.05, 3.63) is 53.2 Å². The highest BCUT2D eigenvalue weighted by Crippen LogP contribution is 2.21. The van der Waals surface area contributed by atoms with Gasteiger partial charge in [0, 0.05) is 45.1 Å². The molecule has 2 aromatic heterocycles. The Balaban J connectivity index is 1.95. The number of rotatable bonds is 11. The summed E-state index contributed by atoms with van der Waals surface area (Å²) in [6.07, 6.45) is 4.01. The molecule has 2 amide bonds. The van der Waals surface area contributed by atoms with Crippen molar-refractivity contribution in [3.8, 4) is 6.07 Å². The van der Waals surface area contributed by atoms with Crippen LogP contribution in [-0.2, 0) is 11.3 Å². The van der Waals surface area contributed by atoms with Crippen LogP contribution in [0.3, 0.4) is 0 Å². The second kappa shape index (κ2) is 11.9. The molecule has 0 aliphatic heterocycles. The molecule has 0 spiro atoms. The van der Waals surface area contributed by atoms with Crippen molar-refractivity contribution < 1.29 is 14.3 Å². The first-order valence-electron chi connectivity index (χ1n) is 11.5. The van der Waals surface area contributed by atoms with Gasteiger partial charge in [0.1, 0.15) is 5.52 Å². The number of benzene rings is 1. The molecule has 0 saturated heterocycles. The van der Waals surface area contributed by atoms with E-state index in [-0.39, 0.29) is 11.8 Å². The molecule has 178 valence electrons. The molecule has 0 aliphatic carbocycles. The fourth-order valence-electron chi connectivity index (χ4n) is 3.74. The van der Waals surface area contributed by atoms with Crippen LogP contribution in [0.15, 0.2) is 36.5 Å². The lowest BCUT2D eigenvalue weighted by Gasteiger charge is -2.21. The molecule has 0 saturated carbocycles. The molecule has 9 nitrogen and oxygen atoms in total. The molecular weight excluding hydrogens is 432 g/mol. The Labute approximate surface area is 199 Å². The van der Waals surface area contributed by atoms with Crippen molar-refractivity contribution >= 4 is 28.9 Å².